The van der Waals surface area contributed by atoms with Gasteiger partial charge in [0.2, 0.25) is 5.91 Å². The van der Waals surface area contributed by atoms with E-state index in [1.54, 1.807) is 24.3 Å². The van der Waals surface area contributed by atoms with Gasteiger partial charge in [-0.1, -0.05) is 184 Å². The van der Waals surface area contributed by atoms with Crippen LogP contribution in [0.4, 0.5) is 22.7 Å². The molecule has 4 aromatic carbocycles. The van der Waals surface area contributed by atoms with E-state index in [2.05, 4.69) is 76.7 Å². The van der Waals surface area contributed by atoms with Crippen molar-refractivity contribution in [2.45, 2.75) is 172 Å². The Balaban J connectivity index is 1.38. The van der Waals surface area contributed by atoms with Gasteiger partial charge in [0.25, 0.3) is 11.8 Å². The molecule has 0 spiro atoms. The van der Waals surface area contributed by atoms with Gasteiger partial charge in [-0.2, -0.15) is 0 Å². The number of nitrogens with one attached hydrogen (secondary N) is 3. The number of rotatable bonds is 25. The molecule has 0 aromatic heterocycles. The van der Waals surface area contributed by atoms with Crippen molar-refractivity contribution in [1.29, 1.82) is 0 Å². The quantitative estimate of drug-likeness (QED) is 0.0570. The maximum absolute atomic E-state index is 14.6. The number of carbonyl (C=O) groups excluding carboxylic acids is 3. The molecule has 9 nitrogen and oxygen atoms in total. The first-order chi connectivity index (χ1) is 32.4. The van der Waals surface area contributed by atoms with Crippen LogP contribution in [0.5, 0.6) is 5.75 Å². The van der Waals surface area contributed by atoms with Crippen LogP contribution in [0, 0.1) is 0 Å². The molecular weight excluding hydrogens is 957 g/mol. The van der Waals surface area contributed by atoms with Crippen LogP contribution in [0.25, 0.3) is 0 Å². The van der Waals surface area contributed by atoms with Crippen molar-refractivity contribution in [3.05, 3.63) is 104 Å². The topological polar surface area (TPSA) is 112 Å². The number of amides is 3. The number of hydrogen-bond donors (Lipinski definition) is 3. The summed E-state index contributed by atoms with van der Waals surface area (Å²) < 4.78 is 6.60. The lowest BCUT2D eigenvalue weighted by molar-refractivity contribution is -0.123. The molecule has 0 aliphatic carbocycles. The maximum atomic E-state index is 14.6. The Kier molecular flexibility index (Phi) is 20.9. The molecule has 0 saturated carbocycles. The Labute approximate surface area is 429 Å². The fourth-order valence-electron chi connectivity index (χ4n) is 7.83. The average Bonchev–Trinajstić information content (AvgIpc) is 3.59. The number of thioether (sulfide) groups is 1. The van der Waals surface area contributed by atoms with Crippen molar-refractivity contribution in [2.75, 3.05) is 15.6 Å². The number of nitrogens with zero attached hydrogens (tertiary/aromatic N) is 2. The van der Waals surface area contributed by atoms with Crippen LogP contribution in [0.15, 0.2) is 82.7 Å². The largest absolute Gasteiger partial charge is 0.480 e. The lowest BCUT2D eigenvalue weighted by Crippen LogP contribution is -2.36. The van der Waals surface area contributed by atoms with Gasteiger partial charge in [0.15, 0.2) is 6.10 Å². The number of unbranched alkanes of at least 4 members (excludes halogenated alkanes) is 9. The summed E-state index contributed by atoms with van der Waals surface area (Å²) in [5, 5.41) is 7.23. The van der Waals surface area contributed by atoms with Gasteiger partial charge >= 0.3 is 0 Å². The predicted octanol–water partition coefficient (Wildman–Crippen LogP) is 16.5. The zero-order valence-electron chi connectivity index (χ0n) is 40.9. The minimum Gasteiger partial charge on any atom is -0.480 e. The van der Waals surface area contributed by atoms with Crippen molar-refractivity contribution < 1.29 is 19.1 Å². The number of halogens is 4. The fourth-order valence-corrected chi connectivity index (χ4v) is 10.1. The third-order valence-electron chi connectivity index (χ3n) is 12.9. The van der Waals surface area contributed by atoms with E-state index in [1.807, 2.05) is 31.2 Å². The van der Waals surface area contributed by atoms with Crippen molar-refractivity contribution in [2.24, 2.45) is 4.99 Å². The normalized spacial score (nSPS) is 15.1. The van der Waals surface area contributed by atoms with E-state index in [-0.39, 0.29) is 44.2 Å². The van der Waals surface area contributed by atoms with E-state index in [4.69, 9.17) is 56.1 Å². The molecule has 1 heterocycles. The van der Waals surface area contributed by atoms with Crippen LogP contribution in [0.1, 0.15) is 156 Å². The number of hydrogen-bond acceptors (Lipinski definition) is 6. The van der Waals surface area contributed by atoms with Gasteiger partial charge in [-0.3, -0.25) is 19.8 Å². The summed E-state index contributed by atoms with van der Waals surface area (Å²) in [6.07, 6.45) is 13.7. The number of amidine groups is 1. The Hall–Kier alpha value is -3.93. The highest BCUT2D eigenvalue weighted by atomic mass is 35.5. The van der Waals surface area contributed by atoms with Gasteiger partial charge in [-0.15, -0.1) is 11.8 Å². The summed E-state index contributed by atoms with van der Waals surface area (Å²) in [5.74, 6) is 0.0308. The molecule has 4 aromatic rings. The van der Waals surface area contributed by atoms with E-state index in [0.29, 0.717) is 50.6 Å². The lowest BCUT2D eigenvalue weighted by atomic mass is 9.76. The molecule has 3 N–H and O–H groups in total. The van der Waals surface area contributed by atoms with Crippen molar-refractivity contribution in [3.8, 4) is 5.75 Å². The van der Waals surface area contributed by atoms with Crippen LogP contribution < -0.4 is 25.8 Å². The molecule has 1 aliphatic rings. The number of aliphatic imine (C=N–C) groups is 1. The van der Waals surface area contributed by atoms with E-state index in [1.165, 1.54) is 79.4 Å². The third-order valence-corrected chi connectivity index (χ3v) is 15.3. The van der Waals surface area contributed by atoms with Crippen molar-refractivity contribution >= 4 is 104 Å². The highest BCUT2D eigenvalue weighted by molar-refractivity contribution is 8.01. The number of ether oxygens (including phenoxy) is 1. The molecule has 68 heavy (non-hydrogen) atoms. The van der Waals surface area contributed by atoms with Gasteiger partial charge in [-0.05, 0) is 90.6 Å². The first-order valence-electron chi connectivity index (χ1n) is 24.2. The van der Waals surface area contributed by atoms with Crippen molar-refractivity contribution in [3.63, 3.8) is 0 Å². The molecule has 5 rings (SSSR count). The van der Waals surface area contributed by atoms with E-state index < -0.39 is 17.3 Å². The number of benzene rings is 4. The second kappa shape index (κ2) is 25.8. The molecule has 1 fully saturated rings. The van der Waals surface area contributed by atoms with Gasteiger partial charge in [0.05, 0.1) is 26.4 Å². The Morgan fingerprint density at radius 1 is 0.765 bits per heavy atom. The van der Waals surface area contributed by atoms with Crippen LogP contribution in [-0.4, -0.2) is 34.9 Å². The summed E-state index contributed by atoms with van der Waals surface area (Å²) in [6.45, 7) is 17.4. The highest BCUT2D eigenvalue weighted by Crippen LogP contribution is 2.43. The summed E-state index contributed by atoms with van der Waals surface area (Å²) in [5.41, 5.74) is 6.70. The van der Waals surface area contributed by atoms with Crippen LogP contribution in [0.2, 0.25) is 20.1 Å². The second-order valence-electron chi connectivity index (χ2n) is 18.8. The number of carbonyl (C=O) groups is 3. The minimum absolute atomic E-state index is 0.0230. The first kappa shape index (κ1) is 55.0. The van der Waals surface area contributed by atoms with Crippen LogP contribution >= 0.6 is 58.2 Å². The van der Waals surface area contributed by atoms with Crippen LogP contribution in [-0.2, 0) is 25.2 Å². The maximum Gasteiger partial charge on any atom is 0.267 e. The second-order valence-corrected chi connectivity index (χ2v) is 21.6. The molecule has 2 atom stereocenters. The van der Waals surface area contributed by atoms with Gasteiger partial charge < -0.3 is 15.4 Å². The van der Waals surface area contributed by atoms with E-state index >= 15 is 0 Å². The fraction of sp³-hybridized carbons (Fsp3) is 0.481. The van der Waals surface area contributed by atoms with Crippen LogP contribution in [0.3, 0.4) is 0 Å². The zero-order chi connectivity index (χ0) is 49.6. The summed E-state index contributed by atoms with van der Waals surface area (Å²) in [4.78, 5) is 47.3. The van der Waals surface area contributed by atoms with E-state index in [9.17, 15) is 14.4 Å². The zero-order valence-corrected chi connectivity index (χ0v) is 44.8. The molecule has 3 amide bonds. The summed E-state index contributed by atoms with van der Waals surface area (Å²) in [7, 11) is 0. The predicted molar refractivity (Wildman–Crippen MR) is 288 cm³/mol. The molecule has 0 bridgehead atoms. The lowest BCUT2D eigenvalue weighted by Gasteiger charge is -2.31. The summed E-state index contributed by atoms with van der Waals surface area (Å²) >= 11 is 27.5. The van der Waals surface area contributed by atoms with Crippen molar-refractivity contribution in [1.82, 2.24) is 5.43 Å². The smallest absolute Gasteiger partial charge is 0.267 e. The number of anilines is 3. The molecule has 368 valence electrons. The van der Waals surface area contributed by atoms with E-state index in [0.717, 1.165) is 37.7 Å². The molecule has 2 unspecified atom stereocenters. The van der Waals surface area contributed by atoms with Gasteiger partial charge in [-0.25, -0.2) is 10.0 Å². The third kappa shape index (κ3) is 14.8. The summed E-state index contributed by atoms with van der Waals surface area (Å²) in [6, 6.07) is 21.6. The molecule has 14 heteroatoms. The molecule has 0 radical (unpaired) electrons. The standard InChI is InChI=1S/C54H69Cl4N5O4S/c1-9-13-14-15-16-17-18-19-20-21-26-47(64)59-37-28-29-39(56)43(34-37)60-50-49(52(66)63(62-50)48-40(57)32-36(55)33-41(48)58)68-46-25-23-22-24-42(46)61-51(65)44(10-2)67-45-30-27-35(53(5,6)11-3)31-38(45)54(7,8)12-4/h22-25,27-34,44,49H,9-21,26H2,1-8H3,(H,59,64)(H,60,62)(H,61,65). The minimum atomic E-state index is -0.996. The average molecular weight is 1030 g/mol. The van der Waals surface area contributed by atoms with Gasteiger partial charge in [0, 0.05) is 27.6 Å². The number of hydrazine groups is 1. The molecular formula is C54H69Cl4N5O4S. The Bertz CT molecular complexity index is 2390. The molecule has 1 aliphatic heterocycles. The Morgan fingerprint density at radius 3 is 2.03 bits per heavy atom. The Morgan fingerprint density at radius 2 is 1.40 bits per heavy atom. The SMILES string of the molecule is CCCCCCCCCCCCC(=O)Nc1ccc(Cl)c(N=C2NN(c3c(Cl)cc(Cl)cc3Cl)C(=O)C2Sc2ccccc2NC(=O)C(CC)Oc2ccc(C(C)(C)CC)cc2C(C)(C)CC)c1. The monoisotopic (exact) mass is 1020 g/mol. The molecule has 1 saturated heterocycles. The first-order valence-corrected chi connectivity index (χ1v) is 26.6. The number of para-hydroxylation sites is 1. The van der Waals surface area contributed by atoms with Gasteiger partial charge in [0.1, 0.15) is 22.5 Å². The highest BCUT2D eigenvalue weighted by Gasteiger charge is 2.42.